The zero-order valence-corrected chi connectivity index (χ0v) is 11.0. The van der Waals surface area contributed by atoms with Crippen LogP contribution in [-0.2, 0) is 14.4 Å². The largest absolute Gasteiger partial charge is 0.480 e. The molecule has 0 saturated heterocycles. The van der Waals surface area contributed by atoms with Crippen molar-refractivity contribution in [1.29, 1.82) is 0 Å². The summed E-state index contributed by atoms with van der Waals surface area (Å²) in [5.74, 6) is -2.49. The summed E-state index contributed by atoms with van der Waals surface area (Å²) in [6.45, 7) is -0.287. The number of carboxylic acids is 2. The van der Waals surface area contributed by atoms with E-state index < -0.39 is 17.8 Å². The summed E-state index contributed by atoms with van der Waals surface area (Å²) in [5.41, 5.74) is 4.85. The molecule has 0 aliphatic rings. The highest BCUT2D eigenvalue weighted by atomic mass is 16.4. The van der Waals surface area contributed by atoms with Crippen molar-refractivity contribution in [2.75, 3.05) is 45.9 Å². The Bertz CT molecular complexity index is 293. The van der Waals surface area contributed by atoms with E-state index in [1.54, 1.807) is 0 Å². The minimum absolute atomic E-state index is 0.0900. The summed E-state index contributed by atoms with van der Waals surface area (Å²) < 4.78 is 0. The first kappa shape index (κ1) is 20.6. The number of nitrogens with one attached hydrogen (secondary N) is 1. The Hall–Kier alpha value is -1.75. The van der Waals surface area contributed by atoms with E-state index >= 15 is 0 Å². The van der Waals surface area contributed by atoms with Crippen LogP contribution in [0.3, 0.4) is 0 Å². The second-order valence-corrected chi connectivity index (χ2v) is 3.49. The zero-order valence-electron chi connectivity index (χ0n) is 11.0. The van der Waals surface area contributed by atoms with Crippen molar-refractivity contribution in [3.63, 3.8) is 0 Å². The van der Waals surface area contributed by atoms with Crippen molar-refractivity contribution in [2.24, 2.45) is 5.73 Å². The molecule has 1 amide bonds. The molecular formula is C10H21N3O7. The highest BCUT2D eigenvalue weighted by molar-refractivity contribution is 5.82. The minimum atomic E-state index is -1.07. The van der Waals surface area contributed by atoms with Gasteiger partial charge in [0.25, 0.3) is 0 Å². The van der Waals surface area contributed by atoms with Crippen LogP contribution in [-0.4, -0.2) is 89.1 Å². The molecule has 118 valence electrons. The molecule has 0 saturated carbocycles. The minimum Gasteiger partial charge on any atom is -0.480 e. The van der Waals surface area contributed by atoms with Crippen LogP contribution < -0.4 is 11.1 Å². The number of hydrogen-bond donors (Lipinski definition) is 6. The molecule has 0 rings (SSSR count). The Morgan fingerprint density at radius 1 is 1.00 bits per heavy atom. The van der Waals surface area contributed by atoms with E-state index in [2.05, 4.69) is 5.32 Å². The molecule has 10 heteroatoms. The van der Waals surface area contributed by atoms with Crippen LogP contribution in [0.25, 0.3) is 0 Å². The average Bonchev–Trinajstić information content (AvgIpc) is 2.36. The lowest BCUT2D eigenvalue weighted by Crippen LogP contribution is -2.34. The van der Waals surface area contributed by atoms with Crippen LogP contribution in [0.1, 0.15) is 0 Å². The summed E-state index contributed by atoms with van der Waals surface area (Å²) >= 11 is 0. The number of carbonyl (C=O) groups excluding carboxylic acids is 1. The molecule has 0 aromatic carbocycles. The van der Waals surface area contributed by atoms with Gasteiger partial charge in [0.05, 0.1) is 26.3 Å². The molecule has 0 aromatic heterocycles. The van der Waals surface area contributed by atoms with Crippen molar-refractivity contribution in [1.82, 2.24) is 10.2 Å². The van der Waals surface area contributed by atoms with Gasteiger partial charge in [-0.2, -0.15) is 0 Å². The summed E-state index contributed by atoms with van der Waals surface area (Å²) in [6.07, 6.45) is 0. The quantitative estimate of drug-likeness (QED) is 0.252. The molecule has 0 radical (unpaired) electrons. The van der Waals surface area contributed by atoms with Crippen LogP contribution >= 0.6 is 0 Å². The second-order valence-electron chi connectivity index (χ2n) is 3.49. The number of amides is 1. The summed E-state index contributed by atoms with van der Waals surface area (Å²) in [4.78, 5) is 31.6. The van der Waals surface area contributed by atoms with Crippen LogP contribution in [0, 0.1) is 0 Å². The predicted octanol–water partition coefficient (Wildman–Crippen LogP) is -3.50. The van der Waals surface area contributed by atoms with E-state index in [1.165, 1.54) is 4.90 Å². The molecule has 0 aliphatic carbocycles. The van der Waals surface area contributed by atoms with Crippen LogP contribution in [0.2, 0.25) is 0 Å². The lowest BCUT2D eigenvalue weighted by Gasteiger charge is -2.16. The third-order valence-corrected chi connectivity index (χ3v) is 1.81. The maximum atomic E-state index is 10.2. The first-order valence-electron chi connectivity index (χ1n) is 5.71. The Labute approximate surface area is 115 Å². The van der Waals surface area contributed by atoms with Crippen molar-refractivity contribution in [2.45, 2.75) is 0 Å². The molecule has 0 aromatic rings. The molecular weight excluding hydrogens is 274 g/mol. The van der Waals surface area contributed by atoms with Gasteiger partial charge in [0, 0.05) is 13.1 Å². The third-order valence-electron chi connectivity index (χ3n) is 1.81. The lowest BCUT2D eigenvalue weighted by molar-refractivity contribution is -0.138. The fourth-order valence-electron chi connectivity index (χ4n) is 0.990. The van der Waals surface area contributed by atoms with Crippen molar-refractivity contribution < 1.29 is 34.8 Å². The van der Waals surface area contributed by atoms with Gasteiger partial charge < -0.3 is 31.5 Å². The van der Waals surface area contributed by atoms with Gasteiger partial charge in [-0.15, -0.1) is 0 Å². The predicted molar refractivity (Wildman–Crippen MR) is 67.9 cm³/mol. The standard InChI is InChI=1S/C6H13NO4.C4H8N2O3/c8-3-1-7(2-4-9)5-6(10)11;5-1-3(7)6-2-4(8)9/h8-9H,1-5H2,(H,10,11);1-2,5H2,(H,6,7)(H,8,9). The Morgan fingerprint density at radius 2 is 1.50 bits per heavy atom. The lowest BCUT2D eigenvalue weighted by atomic mass is 10.4. The number of hydrogen-bond acceptors (Lipinski definition) is 7. The summed E-state index contributed by atoms with van der Waals surface area (Å²) in [7, 11) is 0. The van der Waals surface area contributed by atoms with E-state index in [1.807, 2.05) is 0 Å². The van der Waals surface area contributed by atoms with E-state index in [4.69, 9.17) is 26.2 Å². The number of aliphatic carboxylic acids is 2. The Morgan fingerprint density at radius 3 is 1.80 bits per heavy atom. The Balaban J connectivity index is 0. The molecule has 0 bridgehead atoms. The van der Waals surface area contributed by atoms with Crippen LogP contribution in [0.4, 0.5) is 0 Å². The zero-order chi connectivity index (χ0) is 16.0. The molecule has 10 nitrogen and oxygen atoms in total. The number of carbonyl (C=O) groups is 3. The SMILES string of the molecule is NCC(=O)NCC(=O)O.O=C(O)CN(CCO)CCO. The number of aliphatic hydroxyl groups excluding tert-OH is 2. The van der Waals surface area contributed by atoms with Crippen LogP contribution in [0.15, 0.2) is 0 Å². The number of nitrogens with zero attached hydrogens (tertiary/aromatic N) is 1. The molecule has 20 heavy (non-hydrogen) atoms. The molecule has 0 spiro atoms. The number of nitrogens with two attached hydrogens (primary N) is 1. The summed E-state index contributed by atoms with van der Waals surface area (Å²) in [6, 6.07) is 0. The fraction of sp³-hybridized carbons (Fsp3) is 0.700. The van der Waals surface area contributed by atoms with E-state index in [-0.39, 0.29) is 45.9 Å². The third kappa shape index (κ3) is 16.2. The van der Waals surface area contributed by atoms with Gasteiger partial charge in [-0.1, -0.05) is 0 Å². The normalized spacial score (nSPS) is 9.60. The topological polar surface area (TPSA) is 173 Å². The van der Waals surface area contributed by atoms with Crippen molar-refractivity contribution in [3.8, 4) is 0 Å². The number of rotatable bonds is 9. The van der Waals surface area contributed by atoms with Crippen molar-refractivity contribution in [3.05, 3.63) is 0 Å². The van der Waals surface area contributed by atoms with Gasteiger partial charge in [0.1, 0.15) is 6.54 Å². The van der Waals surface area contributed by atoms with Gasteiger partial charge >= 0.3 is 11.9 Å². The Kier molecular flexibility index (Phi) is 14.1. The molecule has 0 atom stereocenters. The molecule has 0 heterocycles. The van der Waals surface area contributed by atoms with Gasteiger partial charge in [-0.25, -0.2) is 0 Å². The maximum Gasteiger partial charge on any atom is 0.322 e. The highest BCUT2D eigenvalue weighted by Gasteiger charge is 2.06. The van der Waals surface area contributed by atoms with Gasteiger partial charge in [0.15, 0.2) is 0 Å². The smallest absolute Gasteiger partial charge is 0.322 e. The van der Waals surface area contributed by atoms with Gasteiger partial charge in [0.2, 0.25) is 5.91 Å². The number of carboxylic acid groups (broad SMARTS) is 2. The molecule has 7 N–H and O–H groups in total. The van der Waals surface area contributed by atoms with Gasteiger partial charge in [-0.3, -0.25) is 19.3 Å². The second kappa shape index (κ2) is 13.7. The number of aliphatic hydroxyl groups is 2. The van der Waals surface area contributed by atoms with E-state index in [9.17, 15) is 14.4 Å². The van der Waals surface area contributed by atoms with Gasteiger partial charge in [-0.05, 0) is 0 Å². The molecule has 0 aliphatic heterocycles. The van der Waals surface area contributed by atoms with Crippen LogP contribution in [0.5, 0.6) is 0 Å². The summed E-state index contributed by atoms with van der Waals surface area (Å²) in [5, 5.41) is 35.3. The molecule has 0 fully saturated rings. The first-order valence-corrected chi connectivity index (χ1v) is 5.71. The molecule has 0 unspecified atom stereocenters. The maximum absolute atomic E-state index is 10.2. The first-order chi connectivity index (χ1) is 9.37. The van der Waals surface area contributed by atoms with E-state index in [0.29, 0.717) is 0 Å². The highest BCUT2D eigenvalue weighted by Crippen LogP contribution is 1.85. The van der Waals surface area contributed by atoms with E-state index in [0.717, 1.165) is 0 Å². The fourth-order valence-corrected chi connectivity index (χ4v) is 0.990. The van der Waals surface area contributed by atoms with Crippen molar-refractivity contribution >= 4 is 17.8 Å². The average molecular weight is 295 g/mol. The monoisotopic (exact) mass is 295 g/mol.